The Morgan fingerprint density at radius 2 is 1.71 bits per heavy atom. The summed E-state index contributed by atoms with van der Waals surface area (Å²) in [4.78, 5) is 0. The molecule has 4 heteroatoms. The summed E-state index contributed by atoms with van der Waals surface area (Å²) in [6, 6.07) is 5.31. The summed E-state index contributed by atoms with van der Waals surface area (Å²) in [5, 5.41) is 9.27. The Kier molecular flexibility index (Phi) is 2.50. The summed E-state index contributed by atoms with van der Waals surface area (Å²) in [5.41, 5.74) is 3.21. The van der Waals surface area contributed by atoms with Crippen LogP contribution in [0.1, 0.15) is 19.4 Å². The van der Waals surface area contributed by atoms with E-state index in [1.165, 1.54) is 38.1 Å². The van der Waals surface area contributed by atoms with Crippen LogP contribution in [-0.2, 0) is 5.92 Å². The van der Waals surface area contributed by atoms with Gasteiger partial charge in [0.05, 0.1) is 11.1 Å². The fourth-order valence-electron chi connectivity index (χ4n) is 1.09. The molecule has 0 saturated heterocycles. The summed E-state index contributed by atoms with van der Waals surface area (Å²) >= 11 is 0. The van der Waals surface area contributed by atoms with Crippen LogP contribution in [0, 0.1) is 0 Å². The fourth-order valence-corrected chi connectivity index (χ4v) is 1.09. The summed E-state index contributed by atoms with van der Waals surface area (Å²) in [5.74, 6) is -3.69. The summed E-state index contributed by atoms with van der Waals surface area (Å²) < 4.78 is 27.3. The minimum Gasteiger partial charge on any atom is -0.507 e. The topological polar surface area (TPSA) is 46.2 Å². The number of hydrogen-bond donors (Lipinski definition) is 2. The molecule has 0 spiro atoms. The van der Waals surface area contributed by atoms with Crippen molar-refractivity contribution in [2.24, 2.45) is 5.73 Å². The highest BCUT2D eigenvalue weighted by molar-refractivity contribution is 5.37. The van der Waals surface area contributed by atoms with Gasteiger partial charge in [0, 0.05) is 0 Å². The third kappa shape index (κ3) is 1.70. The molecule has 0 heterocycles. The van der Waals surface area contributed by atoms with Crippen LogP contribution in [0.2, 0.25) is 0 Å². The van der Waals surface area contributed by atoms with Crippen molar-refractivity contribution >= 4 is 0 Å². The summed E-state index contributed by atoms with van der Waals surface area (Å²) in [7, 11) is 0. The van der Waals surface area contributed by atoms with Gasteiger partial charge in [0.25, 0.3) is 5.92 Å². The molecule has 0 unspecified atom stereocenters. The van der Waals surface area contributed by atoms with Gasteiger partial charge in [-0.1, -0.05) is 12.1 Å². The molecule has 3 N–H and O–H groups in total. The lowest BCUT2D eigenvalue weighted by atomic mass is 9.90. The maximum atomic E-state index is 13.6. The number of alkyl halides is 2. The molecule has 0 aliphatic heterocycles. The number of aromatic hydroxyl groups is 1. The van der Waals surface area contributed by atoms with Gasteiger partial charge >= 0.3 is 0 Å². The van der Waals surface area contributed by atoms with Crippen LogP contribution in [-0.4, -0.2) is 10.6 Å². The van der Waals surface area contributed by atoms with Crippen molar-refractivity contribution in [3.63, 3.8) is 0 Å². The van der Waals surface area contributed by atoms with Gasteiger partial charge in [-0.15, -0.1) is 0 Å². The SMILES string of the molecule is CC(C)(N)C(F)(F)c1ccccc1O. The van der Waals surface area contributed by atoms with Gasteiger partial charge in [-0.3, -0.25) is 0 Å². The molecular weight excluding hydrogens is 188 g/mol. The number of rotatable bonds is 2. The highest BCUT2D eigenvalue weighted by Gasteiger charge is 2.46. The van der Waals surface area contributed by atoms with Crippen LogP contribution in [0.4, 0.5) is 8.78 Å². The molecule has 0 saturated carbocycles. The maximum Gasteiger partial charge on any atom is 0.293 e. The molecule has 0 atom stereocenters. The fraction of sp³-hybridized carbons (Fsp3) is 0.400. The van der Waals surface area contributed by atoms with Crippen molar-refractivity contribution in [3.8, 4) is 5.75 Å². The monoisotopic (exact) mass is 201 g/mol. The molecule has 0 aromatic heterocycles. The summed E-state index contributed by atoms with van der Waals surface area (Å²) in [6.07, 6.45) is 0. The molecule has 0 amide bonds. The lowest BCUT2D eigenvalue weighted by Crippen LogP contribution is -2.48. The van der Waals surface area contributed by atoms with Crippen LogP contribution in [0.3, 0.4) is 0 Å². The van der Waals surface area contributed by atoms with E-state index in [2.05, 4.69) is 0 Å². The van der Waals surface area contributed by atoms with Gasteiger partial charge in [-0.25, -0.2) is 0 Å². The molecular formula is C10H13F2NO. The van der Waals surface area contributed by atoms with Crippen LogP contribution in [0.5, 0.6) is 5.75 Å². The minimum atomic E-state index is -3.25. The van der Waals surface area contributed by atoms with Gasteiger partial charge in [-0.2, -0.15) is 8.78 Å². The highest BCUT2D eigenvalue weighted by Crippen LogP contribution is 2.40. The zero-order valence-electron chi connectivity index (χ0n) is 8.09. The third-order valence-corrected chi connectivity index (χ3v) is 2.05. The minimum absolute atomic E-state index is 0.434. The van der Waals surface area contributed by atoms with Crippen molar-refractivity contribution in [1.82, 2.24) is 0 Å². The van der Waals surface area contributed by atoms with E-state index in [1.807, 2.05) is 0 Å². The Morgan fingerprint density at radius 1 is 1.21 bits per heavy atom. The molecule has 2 nitrogen and oxygen atoms in total. The quantitative estimate of drug-likeness (QED) is 0.770. The Morgan fingerprint density at radius 3 is 2.14 bits per heavy atom. The predicted molar refractivity (Wildman–Crippen MR) is 50.3 cm³/mol. The Balaban J connectivity index is 3.23. The van der Waals surface area contributed by atoms with Crippen molar-refractivity contribution in [1.29, 1.82) is 0 Å². The second kappa shape index (κ2) is 3.20. The number of halogens is 2. The lowest BCUT2D eigenvalue weighted by molar-refractivity contribution is -0.0688. The molecule has 0 aliphatic rings. The first-order valence-corrected chi connectivity index (χ1v) is 4.22. The van der Waals surface area contributed by atoms with E-state index in [-0.39, 0.29) is 0 Å². The van der Waals surface area contributed by atoms with Crippen molar-refractivity contribution < 1.29 is 13.9 Å². The number of phenolic OH excluding ortho intramolecular Hbond substituents is 1. The molecule has 78 valence electrons. The van der Waals surface area contributed by atoms with E-state index in [0.29, 0.717) is 0 Å². The smallest absolute Gasteiger partial charge is 0.293 e. The molecule has 14 heavy (non-hydrogen) atoms. The molecule has 0 fully saturated rings. The largest absolute Gasteiger partial charge is 0.507 e. The van der Waals surface area contributed by atoms with Crippen LogP contribution in [0.15, 0.2) is 24.3 Å². The Hall–Kier alpha value is -1.16. The maximum absolute atomic E-state index is 13.6. The average molecular weight is 201 g/mol. The molecule has 1 aromatic carbocycles. The van der Waals surface area contributed by atoms with Gasteiger partial charge in [0.1, 0.15) is 5.75 Å². The van der Waals surface area contributed by atoms with E-state index in [1.54, 1.807) is 0 Å². The van der Waals surface area contributed by atoms with E-state index in [9.17, 15) is 13.9 Å². The van der Waals surface area contributed by atoms with E-state index >= 15 is 0 Å². The Labute approximate surface area is 81.4 Å². The number of benzene rings is 1. The second-order valence-corrected chi connectivity index (χ2v) is 3.81. The van der Waals surface area contributed by atoms with Gasteiger partial charge in [0.15, 0.2) is 0 Å². The molecule has 0 bridgehead atoms. The molecule has 0 radical (unpaired) electrons. The van der Waals surface area contributed by atoms with Crippen LogP contribution < -0.4 is 5.73 Å². The van der Waals surface area contributed by atoms with Gasteiger partial charge in [-0.05, 0) is 26.0 Å². The summed E-state index contributed by atoms with van der Waals surface area (Å²) in [6.45, 7) is 2.44. The van der Waals surface area contributed by atoms with Crippen LogP contribution >= 0.6 is 0 Å². The third-order valence-electron chi connectivity index (χ3n) is 2.05. The molecule has 1 aromatic rings. The van der Waals surface area contributed by atoms with Crippen LogP contribution in [0.25, 0.3) is 0 Å². The van der Waals surface area contributed by atoms with Gasteiger partial charge < -0.3 is 10.8 Å². The predicted octanol–water partition coefficient (Wildman–Crippen LogP) is 2.22. The van der Waals surface area contributed by atoms with Crippen molar-refractivity contribution in [2.45, 2.75) is 25.3 Å². The number of phenols is 1. The number of hydrogen-bond acceptors (Lipinski definition) is 2. The van der Waals surface area contributed by atoms with E-state index < -0.39 is 22.8 Å². The first-order chi connectivity index (χ1) is 6.27. The number of para-hydroxylation sites is 1. The highest BCUT2D eigenvalue weighted by atomic mass is 19.3. The normalized spacial score (nSPS) is 12.9. The first kappa shape index (κ1) is 10.9. The van der Waals surface area contributed by atoms with E-state index in [4.69, 9.17) is 5.73 Å². The van der Waals surface area contributed by atoms with Crippen molar-refractivity contribution in [2.75, 3.05) is 0 Å². The van der Waals surface area contributed by atoms with Gasteiger partial charge in [0.2, 0.25) is 0 Å². The lowest BCUT2D eigenvalue weighted by Gasteiger charge is -2.30. The first-order valence-electron chi connectivity index (χ1n) is 4.22. The zero-order chi connectivity index (χ0) is 11.0. The molecule has 0 aliphatic carbocycles. The second-order valence-electron chi connectivity index (χ2n) is 3.81. The van der Waals surface area contributed by atoms with E-state index in [0.717, 1.165) is 0 Å². The molecule has 1 rings (SSSR count). The zero-order valence-corrected chi connectivity index (χ0v) is 8.09. The number of nitrogens with two attached hydrogens (primary N) is 1. The average Bonchev–Trinajstić information content (AvgIpc) is 2.02. The Bertz CT molecular complexity index is 331. The van der Waals surface area contributed by atoms with Crippen molar-refractivity contribution in [3.05, 3.63) is 29.8 Å². The standard InChI is InChI=1S/C10H13F2NO/c1-9(2,13)10(11,12)7-5-3-4-6-8(7)14/h3-6,14H,13H2,1-2H3.